The molecule has 0 spiro atoms. The van der Waals surface area contributed by atoms with Gasteiger partial charge in [-0.05, 0) is 67.6 Å². The van der Waals surface area contributed by atoms with E-state index in [0.717, 1.165) is 35.5 Å². The van der Waals surface area contributed by atoms with E-state index in [0.29, 0.717) is 0 Å². The van der Waals surface area contributed by atoms with Crippen LogP contribution in [0.15, 0.2) is 48.6 Å². The zero-order chi connectivity index (χ0) is 12.7. The van der Waals surface area contributed by atoms with Gasteiger partial charge in [0, 0.05) is 0 Å². The van der Waals surface area contributed by atoms with Crippen molar-refractivity contribution in [2.75, 3.05) is 0 Å². The molecule has 0 aromatic carbocycles. The molecule has 0 nitrogen and oxygen atoms in total. The summed E-state index contributed by atoms with van der Waals surface area (Å²) >= 11 is 0. The molecule has 0 saturated heterocycles. The summed E-state index contributed by atoms with van der Waals surface area (Å²) in [4.78, 5) is 0. The molecule has 0 bridgehead atoms. The Bertz CT molecular complexity index is 369. The van der Waals surface area contributed by atoms with E-state index in [9.17, 15) is 0 Å². The summed E-state index contributed by atoms with van der Waals surface area (Å²) in [6.45, 7) is 0. The summed E-state index contributed by atoms with van der Waals surface area (Å²) in [7, 11) is 0. The molecule has 4 atom stereocenters. The van der Waals surface area contributed by atoms with E-state index in [1.54, 1.807) is 0 Å². The summed E-state index contributed by atoms with van der Waals surface area (Å²) in [5.41, 5.74) is 0. The van der Waals surface area contributed by atoms with Crippen LogP contribution in [0, 0.1) is 35.5 Å². The average Bonchev–Trinajstić information content (AvgIpc) is 3.00. The Morgan fingerprint density at radius 3 is 1.16 bits per heavy atom. The minimum atomic E-state index is 0.860. The molecule has 0 radical (unpaired) electrons. The Kier molecular flexibility index (Phi) is 2.98. The molecule has 0 heterocycles. The second kappa shape index (κ2) is 4.81. The quantitative estimate of drug-likeness (QED) is 0.655. The first-order chi connectivity index (χ1) is 9.38. The zero-order valence-corrected chi connectivity index (χ0v) is 11.6. The third kappa shape index (κ3) is 2.26. The minimum absolute atomic E-state index is 0.860. The van der Waals surface area contributed by atoms with Crippen LogP contribution >= 0.6 is 0 Å². The van der Waals surface area contributed by atoms with E-state index in [-0.39, 0.29) is 0 Å². The topological polar surface area (TPSA) is 0 Å². The molecule has 2 fully saturated rings. The maximum Gasteiger partial charge on any atom is -0.0165 e. The third-order valence-corrected chi connectivity index (χ3v) is 5.84. The second-order valence-electron chi connectivity index (χ2n) is 7.11. The van der Waals surface area contributed by atoms with Crippen molar-refractivity contribution in [2.24, 2.45) is 35.5 Å². The summed E-state index contributed by atoms with van der Waals surface area (Å²) in [6, 6.07) is 0. The number of rotatable bonds is 2. The van der Waals surface area contributed by atoms with Crippen LogP contribution in [0.2, 0.25) is 0 Å². The zero-order valence-electron chi connectivity index (χ0n) is 11.6. The molecule has 0 aromatic rings. The van der Waals surface area contributed by atoms with Crippen LogP contribution < -0.4 is 0 Å². The van der Waals surface area contributed by atoms with Crippen LogP contribution in [0.1, 0.15) is 32.1 Å². The van der Waals surface area contributed by atoms with Crippen LogP contribution in [0.5, 0.6) is 0 Å². The summed E-state index contributed by atoms with van der Waals surface area (Å²) in [5.74, 6) is 5.41. The predicted octanol–water partition coefficient (Wildman–Crippen LogP) is 4.91. The van der Waals surface area contributed by atoms with Crippen LogP contribution in [-0.4, -0.2) is 0 Å². The maximum atomic E-state index is 2.45. The minimum Gasteiger partial charge on any atom is -0.0808 e. The van der Waals surface area contributed by atoms with Gasteiger partial charge in [0.1, 0.15) is 0 Å². The van der Waals surface area contributed by atoms with E-state index < -0.39 is 0 Å². The van der Waals surface area contributed by atoms with Gasteiger partial charge in [0.2, 0.25) is 0 Å². The molecule has 0 aliphatic heterocycles. The lowest BCUT2D eigenvalue weighted by atomic mass is 9.90. The molecule has 0 aromatic heterocycles. The highest BCUT2D eigenvalue weighted by atomic mass is 14.4. The highest BCUT2D eigenvalue weighted by molar-refractivity contribution is 5.18. The van der Waals surface area contributed by atoms with Gasteiger partial charge in [-0.1, -0.05) is 48.6 Å². The Hall–Kier alpha value is -1.04. The van der Waals surface area contributed by atoms with Gasteiger partial charge in [-0.15, -0.1) is 0 Å². The Labute approximate surface area is 117 Å². The molecule has 0 heteroatoms. The molecule has 4 rings (SSSR count). The number of fused-ring (bicyclic) bond motifs is 2. The van der Waals surface area contributed by atoms with Crippen LogP contribution in [-0.2, 0) is 0 Å². The molecule has 4 aliphatic rings. The fourth-order valence-electron chi connectivity index (χ4n) is 5.00. The summed E-state index contributed by atoms with van der Waals surface area (Å²) in [5, 5.41) is 0. The van der Waals surface area contributed by atoms with Crippen molar-refractivity contribution in [2.45, 2.75) is 32.1 Å². The van der Waals surface area contributed by atoms with Gasteiger partial charge in [-0.25, -0.2) is 0 Å². The smallest absolute Gasteiger partial charge is 0.0165 e. The first kappa shape index (κ1) is 11.8. The van der Waals surface area contributed by atoms with Crippen LogP contribution in [0.4, 0.5) is 0 Å². The van der Waals surface area contributed by atoms with Gasteiger partial charge >= 0.3 is 0 Å². The lowest BCUT2D eigenvalue weighted by molar-refractivity contribution is 0.368. The normalized spacial score (nSPS) is 46.5. The second-order valence-corrected chi connectivity index (χ2v) is 7.11. The Morgan fingerprint density at radius 2 is 0.842 bits per heavy atom. The monoisotopic (exact) mass is 252 g/mol. The fourth-order valence-corrected chi connectivity index (χ4v) is 5.00. The molecule has 4 aliphatic carbocycles. The van der Waals surface area contributed by atoms with Crippen molar-refractivity contribution in [1.82, 2.24) is 0 Å². The van der Waals surface area contributed by atoms with Crippen LogP contribution in [0.3, 0.4) is 0 Å². The first-order valence-electron chi connectivity index (χ1n) is 8.08. The van der Waals surface area contributed by atoms with Crippen molar-refractivity contribution in [1.29, 1.82) is 0 Å². The molecule has 0 N–H and O–H groups in total. The van der Waals surface area contributed by atoms with Gasteiger partial charge in [0.05, 0.1) is 0 Å². The van der Waals surface area contributed by atoms with Crippen molar-refractivity contribution >= 4 is 0 Å². The van der Waals surface area contributed by atoms with Crippen molar-refractivity contribution in [3.63, 3.8) is 0 Å². The third-order valence-electron chi connectivity index (χ3n) is 5.84. The Balaban J connectivity index is 1.36. The number of hydrogen-bond donors (Lipinski definition) is 0. The first-order valence-corrected chi connectivity index (χ1v) is 8.08. The molecule has 0 amide bonds. The molecule has 4 unspecified atom stereocenters. The van der Waals surface area contributed by atoms with Crippen molar-refractivity contribution in [3.05, 3.63) is 48.6 Å². The highest BCUT2D eigenvalue weighted by Crippen LogP contribution is 2.47. The van der Waals surface area contributed by atoms with Gasteiger partial charge in [-0.2, -0.15) is 0 Å². The number of allylic oxidation sites excluding steroid dienone is 8. The fraction of sp³-hybridized carbons (Fsp3) is 0.579. The lowest BCUT2D eigenvalue weighted by Gasteiger charge is -2.15. The number of hydrogen-bond acceptors (Lipinski definition) is 0. The van der Waals surface area contributed by atoms with Crippen molar-refractivity contribution < 1.29 is 0 Å². The van der Waals surface area contributed by atoms with E-state index >= 15 is 0 Å². The van der Waals surface area contributed by atoms with E-state index in [1.165, 1.54) is 32.1 Å². The van der Waals surface area contributed by atoms with E-state index in [4.69, 9.17) is 0 Å². The van der Waals surface area contributed by atoms with Gasteiger partial charge < -0.3 is 0 Å². The summed E-state index contributed by atoms with van der Waals surface area (Å²) < 4.78 is 0. The predicted molar refractivity (Wildman–Crippen MR) is 80.6 cm³/mol. The van der Waals surface area contributed by atoms with E-state index in [1.807, 2.05) is 0 Å². The molecular formula is C19H24. The summed E-state index contributed by atoms with van der Waals surface area (Å²) in [6.07, 6.45) is 26.1. The van der Waals surface area contributed by atoms with Gasteiger partial charge in [0.15, 0.2) is 0 Å². The van der Waals surface area contributed by atoms with Crippen LogP contribution in [0.25, 0.3) is 0 Å². The Morgan fingerprint density at radius 1 is 0.526 bits per heavy atom. The lowest BCUT2D eigenvalue weighted by Crippen LogP contribution is -2.04. The average molecular weight is 252 g/mol. The van der Waals surface area contributed by atoms with Crippen molar-refractivity contribution in [3.8, 4) is 0 Å². The standard InChI is InChI=1S/C19H24/c1-2-6-17-11-14(10-16(17)5-1)9-15-12-18-7-3-4-8-19(18)13-15/h1-8,14-19H,9-13H2. The molecular weight excluding hydrogens is 228 g/mol. The largest absolute Gasteiger partial charge is 0.0808 e. The SMILES string of the molecule is C1=CC2CC(CC3CC4C=CC=CC4C3)CC2C=C1. The molecule has 100 valence electrons. The van der Waals surface area contributed by atoms with Gasteiger partial charge in [-0.3, -0.25) is 0 Å². The van der Waals surface area contributed by atoms with E-state index in [2.05, 4.69) is 48.6 Å². The maximum absolute atomic E-state index is 2.45. The highest BCUT2D eigenvalue weighted by Gasteiger charge is 2.37. The van der Waals surface area contributed by atoms with Gasteiger partial charge in [0.25, 0.3) is 0 Å². The molecule has 2 saturated carbocycles. The molecule has 19 heavy (non-hydrogen) atoms.